The summed E-state index contributed by atoms with van der Waals surface area (Å²) in [7, 11) is 0. The zero-order valence-corrected chi connectivity index (χ0v) is 13.0. The number of alkyl halides is 3. The van der Waals surface area contributed by atoms with Crippen LogP contribution < -0.4 is 0 Å². The maximum Gasteiger partial charge on any atom is 0.416 e. The van der Waals surface area contributed by atoms with E-state index in [4.69, 9.17) is 51.5 Å². The summed E-state index contributed by atoms with van der Waals surface area (Å²) in [6.45, 7) is 0. The molecular weight excluding hydrogens is 375 g/mol. The molecule has 1 atom stereocenters. The first-order valence-corrected chi connectivity index (χ1v) is 6.84. The number of halogens is 7. The summed E-state index contributed by atoms with van der Waals surface area (Å²) in [4.78, 5) is 10.8. The monoisotopic (exact) mass is 380 g/mol. The summed E-state index contributed by atoms with van der Waals surface area (Å²) in [5, 5.41) is 8.22. The molecule has 0 saturated carbocycles. The van der Waals surface area contributed by atoms with Crippen molar-refractivity contribution in [3.05, 3.63) is 43.9 Å². The standard InChI is InChI=1S/C12H7Cl4F3O2/c13-7-3-6(12(17,18)19)4-8(14)11(7)5(1-9(15)16)2-10(20)21/h1,3-5H,2H2,(H,20,21). The van der Waals surface area contributed by atoms with Gasteiger partial charge >= 0.3 is 12.1 Å². The predicted molar refractivity (Wildman–Crippen MR) is 76.2 cm³/mol. The average Bonchev–Trinajstić information content (AvgIpc) is 2.24. The highest BCUT2D eigenvalue weighted by Crippen LogP contribution is 2.40. The minimum absolute atomic E-state index is 0.0209. The number of benzene rings is 1. The third-order valence-corrected chi connectivity index (χ3v) is 3.38. The first-order valence-electron chi connectivity index (χ1n) is 5.33. The molecule has 9 heteroatoms. The summed E-state index contributed by atoms with van der Waals surface area (Å²) in [5.41, 5.74) is -1.01. The maximum atomic E-state index is 12.6. The van der Waals surface area contributed by atoms with Gasteiger partial charge in [-0.2, -0.15) is 13.2 Å². The number of carboxylic acids is 1. The normalized spacial score (nSPS) is 12.9. The molecule has 0 aliphatic heterocycles. The Hall–Kier alpha value is -0.620. The maximum absolute atomic E-state index is 12.6. The van der Waals surface area contributed by atoms with E-state index in [0.29, 0.717) is 12.1 Å². The number of hydrogen-bond acceptors (Lipinski definition) is 1. The molecule has 1 unspecified atom stereocenters. The van der Waals surface area contributed by atoms with Crippen molar-refractivity contribution < 1.29 is 23.1 Å². The number of allylic oxidation sites excluding steroid dienone is 1. The van der Waals surface area contributed by atoms with Crippen LogP contribution in [-0.4, -0.2) is 11.1 Å². The molecule has 0 aliphatic carbocycles. The average molecular weight is 382 g/mol. The molecule has 2 nitrogen and oxygen atoms in total. The van der Waals surface area contributed by atoms with Crippen LogP contribution in [0.2, 0.25) is 10.0 Å². The van der Waals surface area contributed by atoms with E-state index in [1.165, 1.54) is 0 Å². The lowest BCUT2D eigenvalue weighted by molar-refractivity contribution is -0.138. The number of aliphatic carboxylic acids is 1. The highest BCUT2D eigenvalue weighted by Gasteiger charge is 2.33. The van der Waals surface area contributed by atoms with Crippen molar-refractivity contribution in [3.8, 4) is 0 Å². The fourth-order valence-corrected chi connectivity index (χ4v) is 2.76. The first kappa shape index (κ1) is 18.4. The van der Waals surface area contributed by atoms with E-state index >= 15 is 0 Å². The smallest absolute Gasteiger partial charge is 0.416 e. The molecule has 0 aromatic heterocycles. The van der Waals surface area contributed by atoms with Gasteiger partial charge in [0.25, 0.3) is 0 Å². The molecule has 0 bridgehead atoms. The van der Waals surface area contributed by atoms with E-state index in [-0.39, 0.29) is 20.1 Å². The third-order valence-electron chi connectivity index (χ3n) is 2.50. The fourth-order valence-electron chi connectivity index (χ4n) is 1.69. The fraction of sp³-hybridized carbons (Fsp3) is 0.250. The number of hydrogen-bond donors (Lipinski definition) is 1. The predicted octanol–water partition coefficient (Wildman–Crippen LogP) is 5.89. The lowest BCUT2D eigenvalue weighted by atomic mass is 9.94. The van der Waals surface area contributed by atoms with Gasteiger partial charge in [0.1, 0.15) is 4.49 Å². The quantitative estimate of drug-likeness (QED) is 0.705. The summed E-state index contributed by atoms with van der Waals surface area (Å²) in [5.74, 6) is -2.16. The van der Waals surface area contributed by atoms with Crippen molar-refractivity contribution in [2.75, 3.05) is 0 Å². The van der Waals surface area contributed by atoms with Crippen molar-refractivity contribution in [1.82, 2.24) is 0 Å². The Kier molecular flexibility index (Phi) is 6.23. The molecule has 1 aromatic rings. The van der Waals surface area contributed by atoms with Crippen LogP contribution in [0.3, 0.4) is 0 Å². The van der Waals surface area contributed by atoms with Crippen LogP contribution in [0, 0.1) is 0 Å². The highest BCUT2D eigenvalue weighted by molar-refractivity contribution is 6.55. The van der Waals surface area contributed by atoms with E-state index in [1.54, 1.807) is 0 Å². The van der Waals surface area contributed by atoms with Gasteiger partial charge < -0.3 is 5.11 Å². The summed E-state index contributed by atoms with van der Waals surface area (Å²) in [6, 6.07) is 1.35. The lowest BCUT2D eigenvalue weighted by Gasteiger charge is -2.17. The molecule has 1 aromatic carbocycles. The molecule has 116 valence electrons. The summed E-state index contributed by atoms with van der Waals surface area (Å²) in [6.07, 6.45) is -3.95. The van der Waals surface area contributed by atoms with Gasteiger partial charge in [-0.3, -0.25) is 4.79 Å². The summed E-state index contributed by atoms with van der Waals surface area (Å²) < 4.78 is 37.7. The largest absolute Gasteiger partial charge is 0.481 e. The Labute approximate surface area is 138 Å². The van der Waals surface area contributed by atoms with Crippen LogP contribution in [0.1, 0.15) is 23.5 Å². The van der Waals surface area contributed by atoms with E-state index in [1.807, 2.05) is 0 Å². The van der Waals surface area contributed by atoms with Crippen molar-refractivity contribution >= 4 is 52.4 Å². The Bertz CT molecular complexity index is 557. The lowest BCUT2D eigenvalue weighted by Crippen LogP contribution is -2.09. The van der Waals surface area contributed by atoms with Gasteiger partial charge in [0.05, 0.1) is 12.0 Å². The van der Waals surface area contributed by atoms with E-state index < -0.39 is 30.0 Å². The van der Waals surface area contributed by atoms with Gasteiger partial charge in [0, 0.05) is 16.0 Å². The van der Waals surface area contributed by atoms with Crippen LogP contribution in [-0.2, 0) is 11.0 Å². The van der Waals surface area contributed by atoms with Crippen LogP contribution in [0.15, 0.2) is 22.7 Å². The first-order chi connectivity index (χ1) is 9.52. The Morgan fingerprint density at radius 1 is 1.24 bits per heavy atom. The number of rotatable bonds is 4. The van der Waals surface area contributed by atoms with Crippen LogP contribution in [0.4, 0.5) is 13.2 Å². The highest BCUT2D eigenvalue weighted by atomic mass is 35.5. The molecule has 0 amide bonds. The van der Waals surface area contributed by atoms with Crippen molar-refractivity contribution in [2.45, 2.75) is 18.5 Å². The molecule has 0 heterocycles. The zero-order valence-electron chi connectivity index (χ0n) is 10.0. The summed E-state index contributed by atoms with van der Waals surface area (Å²) >= 11 is 22.6. The SMILES string of the molecule is O=C(O)CC(C=C(Cl)Cl)c1c(Cl)cc(C(F)(F)F)cc1Cl. The molecule has 0 radical (unpaired) electrons. The van der Waals surface area contributed by atoms with Crippen LogP contribution >= 0.6 is 46.4 Å². The molecule has 21 heavy (non-hydrogen) atoms. The van der Waals surface area contributed by atoms with Gasteiger partial charge in [0.15, 0.2) is 0 Å². The number of carbonyl (C=O) groups is 1. The van der Waals surface area contributed by atoms with Gasteiger partial charge in [-0.05, 0) is 23.8 Å². The second-order valence-corrected chi connectivity index (χ2v) is 5.83. The van der Waals surface area contributed by atoms with Crippen molar-refractivity contribution in [2.24, 2.45) is 0 Å². The van der Waals surface area contributed by atoms with Crippen LogP contribution in [0.5, 0.6) is 0 Å². The molecule has 0 fully saturated rings. The Morgan fingerprint density at radius 2 is 1.71 bits per heavy atom. The van der Waals surface area contributed by atoms with E-state index in [2.05, 4.69) is 0 Å². The van der Waals surface area contributed by atoms with E-state index in [0.717, 1.165) is 6.08 Å². The van der Waals surface area contributed by atoms with Gasteiger partial charge in [-0.15, -0.1) is 0 Å². The Balaban J connectivity index is 3.39. The van der Waals surface area contributed by atoms with Gasteiger partial charge in [-0.25, -0.2) is 0 Å². The van der Waals surface area contributed by atoms with Crippen molar-refractivity contribution in [3.63, 3.8) is 0 Å². The molecule has 0 spiro atoms. The molecule has 0 saturated heterocycles. The molecule has 1 rings (SSSR count). The van der Waals surface area contributed by atoms with Gasteiger partial charge in [-0.1, -0.05) is 46.4 Å². The zero-order chi connectivity index (χ0) is 16.4. The minimum Gasteiger partial charge on any atom is -0.481 e. The van der Waals surface area contributed by atoms with Crippen LogP contribution in [0.25, 0.3) is 0 Å². The molecule has 0 aliphatic rings. The molecular formula is C12H7Cl4F3O2. The van der Waals surface area contributed by atoms with Crippen molar-refractivity contribution in [1.29, 1.82) is 0 Å². The number of carboxylic acid groups (broad SMARTS) is 1. The Morgan fingerprint density at radius 3 is 2.05 bits per heavy atom. The topological polar surface area (TPSA) is 37.3 Å². The minimum atomic E-state index is -4.62. The second-order valence-electron chi connectivity index (χ2n) is 4.01. The van der Waals surface area contributed by atoms with E-state index in [9.17, 15) is 18.0 Å². The van der Waals surface area contributed by atoms with Gasteiger partial charge in [0.2, 0.25) is 0 Å². The third kappa shape index (κ3) is 5.25. The molecule has 1 N–H and O–H groups in total. The second kappa shape index (κ2) is 7.09.